The van der Waals surface area contributed by atoms with Crippen LogP contribution < -0.4 is 10.6 Å². The number of aryl methyl sites for hydroxylation is 2. The highest BCUT2D eigenvalue weighted by Gasteiger charge is 2.25. The van der Waals surface area contributed by atoms with Gasteiger partial charge in [0.25, 0.3) is 0 Å². The summed E-state index contributed by atoms with van der Waals surface area (Å²) in [5, 5.41) is 3.81. The van der Waals surface area contributed by atoms with Crippen LogP contribution in [0.5, 0.6) is 0 Å². The lowest BCUT2D eigenvalue weighted by atomic mass is 10.3. The number of rotatable bonds is 3. The summed E-state index contributed by atoms with van der Waals surface area (Å²) in [5.74, 6) is 1.04. The fourth-order valence-corrected chi connectivity index (χ4v) is 2.91. The minimum Gasteiger partial charge on any atom is -0.359 e. The molecule has 0 saturated heterocycles. The van der Waals surface area contributed by atoms with Crippen molar-refractivity contribution in [1.29, 1.82) is 0 Å². The average molecular weight is 267 g/mol. The molecular weight excluding hydrogens is 254 g/mol. The number of aromatic nitrogens is 3. The zero-order chi connectivity index (χ0) is 12.9. The largest absolute Gasteiger partial charge is 0.359 e. The first-order valence-corrected chi connectivity index (χ1v) is 6.61. The van der Waals surface area contributed by atoms with Crippen LogP contribution in [-0.2, 0) is 6.54 Å². The van der Waals surface area contributed by atoms with Gasteiger partial charge in [-0.15, -0.1) is 0 Å². The Labute approximate surface area is 107 Å². The Kier molecular flexibility index (Phi) is 2.51. The zero-order valence-electron chi connectivity index (χ0n) is 10.2. The molecule has 1 aliphatic carbocycles. The Bertz CT molecular complexity index is 682. The highest BCUT2D eigenvalue weighted by Crippen LogP contribution is 2.29. The van der Waals surface area contributed by atoms with Crippen LogP contribution >= 0.6 is 11.5 Å². The van der Waals surface area contributed by atoms with Gasteiger partial charge in [-0.05, 0) is 32.6 Å². The topological polar surface area (TPSA) is 70.0 Å². The van der Waals surface area contributed by atoms with Crippen LogP contribution in [0.4, 0.5) is 0 Å². The molecule has 2 aromatic rings. The van der Waals surface area contributed by atoms with E-state index in [0.717, 1.165) is 24.4 Å². The van der Waals surface area contributed by atoms with Crippen molar-refractivity contribution in [3.63, 3.8) is 0 Å². The van der Waals surface area contributed by atoms with E-state index in [1.165, 1.54) is 8.52 Å². The zero-order valence-corrected chi connectivity index (χ0v) is 11.0. The van der Waals surface area contributed by atoms with E-state index in [-0.39, 0.29) is 10.6 Å². The van der Waals surface area contributed by atoms with Crippen LogP contribution in [-0.4, -0.2) is 13.7 Å². The maximum atomic E-state index is 12.2. The average Bonchev–Trinajstić information content (AvgIpc) is 3.04. The molecule has 0 aliphatic heterocycles. The van der Waals surface area contributed by atoms with E-state index in [1.54, 1.807) is 13.8 Å². The normalized spacial score (nSPS) is 15.2. The first kappa shape index (κ1) is 11.5. The molecule has 0 amide bonds. The quantitative estimate of drug-likeness (QED) is 0.834. The van der Waals surface area contributed by atoms with E-state index < -0.39 is 0 Å². The molecule has 0 atom stereocenters. The molecule has 18 heavy (non-hydrogen) atoms. The molecule has 1 fully saturated rings. The highest BCUT2D eigenvalue weighted by molar-refractivity contribution is 7.03. The summed E-state index contributed by atoms with van der Waals surface area (Å²) in [6.45, 7) is 4.02. The van der Waals surface area contributed by atoms with Crippen molar-refractivity contribution in [2.24, 2.45) is 5.92 Å². The molecule has 7 heteroatoms. The van der Waals surface area contributed by atoms with Gasteiger partial charge in [0.05, 0.1) is 0 Å². The van der Waals surface area contributed by atoms with Gasteiger partial charge in [0.15, 0.2) is 5.76 Å². The molecule has 1 aliphatic rings. The van der Waals surface area contributed by atoms with Gasteiger partial charge in [0, 0.05) is 18.1 Å². The Balaban J connectivity index is 2.13. The van der Waals surface area contributed by atoms with Gasteiger partial charge in [0.1, 0.15) is 11.4 Å². The maximum absolute atomic E-state index is 12.2. The lowest BCUT2D eigenvalue weighted by Crippen LogP contribution is -2.29. The van der Waals surface area contributed by atoms with Gasteiger partial charge in [-0.3, -0.25) is 4.79 Å². The standard InChI is InChI=1S/C11H13N3O3S/c1-6-9(7(2)17-12-6)14-10(15)13(11(16)18-14)5-8-3-4-8/h8H,3-5H2,1-2H3. The van der Waals surface area contributed by atoms with Gasteiger partial charge < -0.3 is 4.52 Å². The van der Waals surface area contributed by atoms with Crippen LogP contribution in [0.3, 0.4) is 0 Å². The summed E-state index contributed by atoms with van der Waals surface area (Å²) >= 11 is 0.908. The maximum Gasteiger partial charge on any atom is 0.346 e. The lowest BCUT2D eigenvalue weighted by molar-refractivity contribution is 0.393. The molecule has 0 unspecified atom stereocenters. The van der Waals surface area contributed by atoms with E-state index in [4.69, 9.17) is 4.52 Å². The van der Waals surface area contributed by atoms with E-state index in [1.807, 2.05) is 0 Å². The monoisotopic (exact) mass is 267 g/mol. The molecule has 3 rings (SSSR count). The second-order valence-corrected chi connectivity index (χ2v) is 5.56. The summed E-state index contributed by atoms with van der Waals surface area (Å²) in [6.07, 6.45) is 2.21. The number of hydrogen-bond donors (Lipinski definition) is 0. The summed E-state index contributed by atoms with van der Waals surface area (Å²) in [7, 11) is 0. The number of nitrogens with zero attached hydrogens (tertiary/aromatic N) is 3. The Hall–Kier alpha value is -1.63. The molecule has 0 bridgehead atoms. The van der Waals surface area contributed by atoms with Crippen molar-refractivity contribution < 1.29 is 4.52 Å². The van der Waals surface area contributed by atoms with Crippen LogP contribution in [0.15, 0.2) is 14.1 Å². The van der Waals surface area contributed by atoms with Gasteiger partial charge in [0.2, 0.25) is 0 Å². The molecular formula is C11H13N3O3S. The Morgan fingerprint density at radius 2 is 2.11 bits per heavy atom. The SMILES string of the molecule is Cc1noc(C)c1-n1sc(=O)n(CC2CC2)c1=O. The highest BCUT2D eigenvalue weighted by atomic mass is 32.1. The van der Waals surface area contributed by atoms with E-state index in [0.29, 0.717) is 29.6 Å². The van der Waals surface area contributed by atoms with Crippen molar-refractivity contribution in [2.75, 3.05) is 0 Å². The summed E-state index contributed by atoms with van der Waals surface area (Å²) in [4.78, 5) is 23.9. The molecule has 1 saturated carbocycles. The molecule has 96 valence electrons. The third-order valence-electron chi connectivity index (χ3n) is 3.13. The fraction of sp³-hybridized carbons (Fsp3) is 0.545. The van der Waals surface area contributed by atoms with Gasteiger partial charge in [-0.25, -0.2) is 13.3 Å². The molecule has 0 radical (unpaired) electrons. The second-order valence-electron chi connectivity index (χ2n) is 4.66. The fourth-order valence-electron chi connectivity index (χ4n) is 1.97. The molecule has 2 aromatic heterocycles. The van der Waals surface area contributed by atoms with E-state index in [9.17, 15) is 9.59 Å². The predicted octanol–water partition coefficient (Wildman–Crippen LogP) is 1.08. The third-order valence-corrected chi connectivity index (χ3v) is 4.03. The molecule has 0 aromatic carbocycles. The van der Waals surface area contributed by atoms with Gasteiger partial charge in [-0.2, -0.15) is 0 Å². The second kappa shape index (κ2) is 3.94. The van der Waals surface area contributed by atoms with Gasteiger partial charge >= 0.3 is 10.6 Å². The van der Waals surface area contributed by atoms with Crippen molar-refractivity contribution in [3.05, 3.63) is 31.6 Å². The van der Waals surface area contributed by atoms with Crippen LogP contribution in [0.1, 0.15) is 24.3 Å². The molecule has 2 heterocycles. The van der Waals surface area contributed by atoms with Crippen LogP contribution in [0.25, 0.3) is 5.69 Å². The smallest absolute Gasteiger partial charge is 0.346 e. The Morgan fingerprint density at radius 3 is 2.67 bits per heavy atom. The van der Waals surface area contributed by atoms with E-state index in [2.05, 4.69) is 5.16 Å². The van der Waals surface area contributed by atoms with Crippen molar-refractivity contribution in [2.45, 2.75) is 33.2 Å². The van der Waals surface area contributed by atoms with Gasteiger partial charge in [-0.1, -0.05) is 5.16 Å². The predicted molar refractivity (Wildman–Crippen MR) is 66.4 cm³/mol. The third kappa shape index (κ3) is 1.74. The molecule has 0 spiro atoms. The number of hydrogen-bond acceptors (Lipinski definition) is 5. The van der Waals surface area contributed by atoms with Crippen molar-refractivity contribution >= 4 is 11.5 Å². The van der Waals surface area contributed by atoms with Crippen molar-refractivity contribution in [1.82, 2.24) is 13.7 Å². The summed E-state index contributed by atoms with van der Waals surface area (Å²) in [6, 6.07) is 0. The first-order chi connectivity index (χ1) is 8.58. The summed E-state index contributed by atoms with van der Waals surface area (Å²) in [5.41, 5.74) is 0.928. The lowest BCUT2D eigenvalue weighted by Gasteiger charge is -1.98. The first-order valence-electron chi connectivity index (χ1n) is 5.84. The van der Waals surface area contributed by atoms with Crippen molar-refractivity contribution in [3.8, 4) is 5.69 Å². The minimum atomic E-state index is -0.286. The molecule has 6 nitrogen and oxygen atoms in total. The summed E-state index contributed by atoms with van der Waals surface area (Å²) < 4.78 is 7.73. The van der Waals surface area contributed by atoms with E-state index >= 15 is 0 Å². The molecule has 0 N–H and O–H groups in total. The minimum absolute atomic E-state index is 0.216. The van der Waals surface area contributed by atoms with Crippen LogP contribution in [0.2, 0.25) is 0 Å². The Morgan fingerprint density at radius 1 is 1.39 bits per heavy atom. The van der Waals surface area contributed by atoms with Crippen LogP contribution in [0, 0.1) is 19.8 Å².